The molecule has 4 aromatic rings. The van der Waals surface area contributed by atoms with Crippen LogP contribution in [0.4, 0.5) is 36.4 Å². The average molecular weight is 612 g/mol. The van der Waals surface area contributed by atoms with Crippen LogP contribution in [0.2, 0.25) is 0 Å². The molecule has 0 saturated carbocycles. The predicted octanol–water partition coefficient (Wildman–Crippen LogP) is 5.27. The summed E-state index contributed by atoms with van der Waals surface area (Å²) in [6, 6.07) is 13.1. The first-order valence-electron chi connectivity index (χ1n) is 12.9. The lowest BCUT2D eigenvalue weighted by atomic mass is 9.91. The molecule has 3 aromatic carbocycles. The van der Waals surface area contributed by atoms with E-state index in [0.29, 0.717) is 37.9 Å². The van der Waals surface area contributed by atoms with Crippen LogP contribution in [0.3, 0.4) is 0 Å². The van der Waals surface area contributed by atoms with Crippen molar-refractivity contribution in [2.24, 2.45) is 0 Å². The smallest absolute Gasteiger partial charge is 0.430 e. The molecule has 0 radical (unpaired) electrons. The number of halogens is 7. The lowest BCUT2D eigenvalue weighted by molar-refractivity contribution is -0.376. The van der Waals surface area contributed by atoms with Crippen LogP contribution in [-0.4, -0.2) is 60.4 Å². The Morgan fingerprint density at radius 3 is 2.21 bits per heavy atom. The summed E-state index contributed by atoms with van der Waals surface area (Å²) in [4.78, 5) is 20.2. The fourth-order valence-electron chi connectivity index (χ4n) is 5.04. The second kappa shape index (κ2) is 11.2. The van der Waals surface area contributed by atoms with Gasteiger partial charge in [-0.25, -0.2) is 9.37 Å². The summed E-state index contributed by atoms with van der Waals surface area (Å²) < 4.78 is 108. The van der Waals surface area contributed by atoms with Crippen LogP contribution in [0.15, 0.2) is 65.5 Å². The Hall–Kier alpha value is -4.17. The first-order valence-corrected chi connectivity index (χ1v) is 12.9. The van der Waals surface area contributed by atoms with Gasteiger partial charge in [0.1, 0.15) is 17.4 Å². The van der Waals surface area contributed by atoms with E-state index in [1.165, 1.54) is 6.07 Å². The number of methoxy groups -OCH3 is 1. The Labute approximate surface area is 239 Å². The number of rotatable bonds is 6. The third-order valence-electron chi connectivity index (χ3n) is 7.22. The summed E-state index contributed by atoms with van der Waals surface area (Å²) in [6.07, 6.45) is -12.3. The van der Waals surface area contributed by atoms with E-state index >= 15 is 4.39 Å². The molecule has 1 aliphatic rings. The third kappa shape index (κ3) is 5.40. The van der Waals surface area contributed by atoms with Crippen molar-refractivity contribution in [1.29, 1.82) is 0 Å². The number of aromatic nitrogens is 2. The van der Waals surface area contributed by atoms with Gasteiger partial charge in [0.25, 0.3) is 11.2 Å². The van der Waals surface area contributed by atoms with Crippen molar-refractivity contribution in [3.8, 4) is 11.4 Å². The van der Waals surface area contributed by atoms with Crippen LogP contribution in [-0.2, 0) is 16.8 Å². The number of hydrogen-bond donors (Lipinski definition) is 1. The number of aliphatic hydroxyl groups is 1. The molecule has 1 aromatic heterocycles. The molecule has 2 heterocycles. The maximum Gasteiger partial charge on any atom is 0.430 e. The molecule has 0 unspecified atom stereocenters. The van der Waals surface area contributed by atoms with Gasteiger partial charge in [0.2, 0.25) is 0 Å². The molecule has 1 N–H and O–H groups in total. The molecule has 1 saturated heterocycles. The van der Waals surface area contributed by atoms with Crippen LogP contribution < -0.4 is 15.2 Å². The molecule has 1 aliphatic heterocycles. The zero-order valence-electron chi connectivity index (χ0n) is 22.5. The number of hydrogen-bond acceptors (Lipinski definition) is 6. The zero-order valence-corrected chi connectivity index (χ0v) is 22.5. The van der Waals surface area contributed by atoms with Gasteiger partial charge in [0.15, 0.2) is 0 Å². The first-order chi connectivity index (χ1) is 20.3. The van der Waals surface area contributed by atoms with E-state index in [4.69, 9.17) is 9.47 Å². The van der Waals surface area contributed by atoms with Gasteiger partial charge in [-0.2, -0.15) is 26.3 Å². The summed E-state index contributed by atoms with van der Waals surface area (Å²) in [5.41, 5.74) is -6.88. The van der Waals surface area contributed by atoms with Crippen molar-refractivity contribution in [3.63, 3.8) is 0 Å². The Morgan fingerprint density at radius 1 is 0.953 bits per heavy atom. The molecule has 228 valence electrons. The SMILES string of the molecule is COc1cc(-n2c(Cc3ccccc3)nc3cc(N4CCOCC4)c(F)cc3c2=O)ccc1C(O)(C(F)(F)F)C(F)(F)F. The number of ether oxygens (including phenoxy) is 2. The van der Waals surface area contributed by atoms with Gasteiger partial charge in [0, 0.05) is 31.1 Å². The van der Waals surface area contributed by atoms with E-state index in [2.05, 4.69) is 4.98 Å². The third-order valence-corrected chi connectivity index (χ3v) is 7.22. The summed E-state index contributed by atoms with van der Waals surface area (Å²) in [5.74, 6) is -1.63. The fraction of sp³-hybridized carbons (Fsp3) is 0.310. The average Bonchev–Trinajstić information content (AvgIpc) is 2.96. The summed E-state index contributed by atoms with van der Waals surface area (Å²) in [6.45, 7) is 1.57. The maximum absolute atomic E-state index is 15.3. The van der Waals surface area contributed by atoms with E-state index in [9.17, 15) is 36.2 Å². The van der Waals surface area contributed by atoms with Crippen LogP contribution in [0.1, 0.15) is 17.0 Å². The van der Waals surface area contributed by atoms with E-state index in [1.54, 1.807) is 35.2 Å². The molecule has 1 fully saturated rings. The molecule has 0 spiro atoms. The van der Waals surface area contributed by atoms with Gasteiger partial charge in [-0.3, -0.25) is 9.36 Å². The molecule has 0 aliphatic carbocycles. The molecule has 14 heteroatoms. The zero-order chi connectivity index (χ0) is 31.2. The topological polar surface area (TPSA) is 76.8 Å². The highest BCUT2D eigenvalue weighted by molar-refractivity contribution is 5.82. The molecule has 43 heavy (non-hydrogen) atoms. The fourth-order valence-corrected chi connectivity index (χ4v) is 5.04. The molecule has 0 bridgehead atoms. The van der Waals surface area contributed by atoms with Crippen LogP contribution >= 0.6 is 0 Å². The molecule has 5 rings (SSSR count). The lowest BCUT2D eigenvalue weighted by Crippen LogP contribution is -2.54. The highest BCUT2D eigenvalue weighted by atomic mass is 19.4. The maximum atomic E-state index is 15.3. The van der Waals surface area contributed by atoms with Gasteiger partial charge in [-0.15, -0.1) is 0 Å². The monoisotopic (exact) mass is 611 g/mol. The van der Waals surface area contributed by atoms with Crippen LogP contribution in [0, 0.1) is 5.82 Å². The van der Waals surface area contributed by atoms with Crippen molar-refractivity contribution in [3.05, 3.63) is 93.8 Å². The first kappa shape index (κ1) is 30.3. The van der Waals surface area contributed by atoms with Gasteiger partial charge >= 0.3 is 12.4 Å². The molecule has 7 nitrogen and oxygen atoms in total. The van der Waals surface area contributed by atoms with Gasteiger partial charge in [-0.1, -0.05) is 30.3 Å². The second-order valence-corrected chi connectivity index (χ2v) is 9.84. The minimum absolute atomic E-state index is 0.0232. The van der Waals surface area contributed by atoms with Crippen molar-refractivity contribution in [2.75, 3.05) is 38.3 Å². The van der Waals surface area contributed by atoms with Crippen molar-refractivity contribution >= 4 is 16.6 Å². The highest BCUT2D eigenvalue weighted by Crippen LogP contribution is 2.52. The summed E-state index contributed by atoms with van der Waals surface area (Å²) in [7, 11) is 0.824. The molecule has 0 atom stereocenters. The highest BCUT2D eigenvalue weighted by Gasteiger charge is 2.72. The molecular formula is C29H24F7N3O4. The van der Waals surface area contributed by atoms with Crippen molar-refractivity contribution in [2.45, 2.75) is 24.4 Å². The second-order valence-electron chi connectivity index (χ2n) is 9.84. The Morgan fingerprint density at radius 2 is 1.60 bits per heavy atom. The van der Waals surface area contributed by atoms with Crippen molar-refractivity contribution in [1.82, 2.24) is 9.55 Å². The van der Waals surface area contributed by atoms with Crippen LogP contribution in [0.25, 0.3) is 16.6 Å². The standard InChI is InChI=1S/C29H24F7N3O4/c1-42-24-14-18(7-8-20(24)27(41,28(31,32)33)29(34,35)36)39-25(13-17-5-3-2-4-6-17)37-22-16-23(38-9-11-43-12-10-38)21(30)15-19(22)26(39)40/h2-8,14-16,41H,9-13H2,1H3. The Balaban J connectivity index is 1.73. The Kier molecular flexibility index (Phi) is 7.86. The summed E-state index contributed by atoms with van der Waals surface area (Å²) >= 11 is 0. The quantitative estimate of drug-likeness (QED) is 0.300. The Bertz CT molecular complexity index is 1690. The van der Waals surface area contributed by atoms with Crippen molar-refractivity contribution < 1.29 is 45.3 Å². The van der Waals surface area contributed by atoms with E-state index in [0.717, 1.165) is 29.9 Å². The van der Waals surface area contributed by atoms with Crippen LogP contribution in [0.5, 0.6) is 5.75 Å². The van der Waals surface area contributed by atoms with E-state index in [1.807, 2.05) is 0 Å². The normalized spacial score (nSPS) is 14.8. The number of alkyl halides is 6. The minimum Gasteiger partial charge on any atom is -0.496 e. The van der Waals surface area contributed by atoms with E-state index in [-0.39, 0.29) is 34.5 Å². The predicted molar refractivity (Wildman–Crippen MR) is 142 cm³/mol. The molecule has 0 amide bonds. The van der Waals surface area contributed by atoms with Gasteiger partial charge < -0.3 is 19.5 Å². The number of benzene rings is 3. The van der Waals surface area contributed by atoms with Gasteiger partial charge in [-0.05, 0) is 29.8 Å². The lowest BCUT2D eigenvalue weighted by Gasteiger charge is -2.33. The number of morpholine rings is 1. The van der Waals surface area contributed by atoms with Gasteiger partial charge in [0.05, 0.1) is 42.6 Å². The number of fused-ring (bicyclic) bond motifs is 1. The minimum atomic E-state index is -6.16. The number of nitrogens with zero attached hydrogens (tertiary/aromatic N) is 3. The number of anilines is 1. The largest absolute Gasteiger partial charge is 0.496 e. The van der Waals surface area contributed by atoms with E-state index < -0.39 is 40.6 Å². The summed E-state index contributed by atoms with van der Waals surface area (Å²) in [5, 5.41) is 9.80. The molecular weight excluding hydrogens is 587 g/mol.